The van der Waals surface area contributed by atoms with Crippen molar-refractivity contribution in [3.63, 3.8) is 0 Å². The minimum atomic E-state index is -0.806. The molecule has 0 aromatic heterocycles. The highest BCUT2D eigenvalue weighted by Crippen LogP contribution is 2.44. The van der Waals surface area contributed by atoms with Crippen LogP contribution >= 0.6 is 11.6 Å². The number of anilines is 1. The number of ether oxygens (including phenoxy) is 1. The Balaban J connectivity index is 1.96. The molecular formula is C27H24ClNO4. The van der Waals surface area contributed by atoms with Crippen molar-refractivity contribution in [3.8, 4) is 5.75 Å². The first-order valence-corrected chi connectivity index (χ1v) is 11.1. The van der Waals surface area contributed by atoms with Gasteiger partial charge in [0.25, 0.3) is 11.7 Å². The molecule has 0 saturated carbocycles. The number of ketones is 1. The Hall–Kier alpha value is -3.57. The topological polar surface area (TPSA) is 66.8 Å². The molecule has 1 amide bonds. The fourth-order valence-electron chi connectivity index (χ4n) is 4.19. The lowest BCUT2D eigenvalue weighted by molar-refractivity contribution is -0.132. The van der Waals surface area contributed by atoms with E-state index in [2.05, 4.69) is 0 Å². The zero-order valence-electron chi connectivity index (χ0n) is 18.6. The smallest absolute Gasteiger partial charge is 0.300 e. The van der Waals surface area contributed by atoms with Gasteiger partial charge < -0.3 is 9.84 Å². The van der Waals surface area contributed by atoms with Crippen molar-refractivity contribution in [2.24, 2.45) is 0 Å². The SMILES string of the molecule is CCOc1ccc(Cl)c(/C(O)=C2\C(=O)C(=O)N(c3ccc(C)cc3C)C2c2ccccc2)c1. The Labute approximate surface area is 197 Å². The number of amides is 1. The molecule has 1 aliphatic rings. The first-order valence-electron chi connectivity index (χ1n) is 10.7. The Morgan fingerprint density at radius 3 is 2.42 bits per heavy atom. The monoisotopic (exact) mass is 461 g/mol. The Kier molecular flexibility index (Phi) is 6.25. The predicted molar refractivity (Wildman–Crippen MR) is 130 cm³/mol. The van der Waals surface area contributed by atoms with E-state index in [0.29, 0.717) is 23.6 Å². The average molecular weight is 462 g/mol. The summed E-state index contributed by atoms with van der Waals surface area (Å²) in [5.74, 6) is -1.29. The number of halogens is 1. The van der Waals surface area contributed by atoms with Crippen LogP contribution in [0.2, 0.25) is 5.02 Å². The maximum atomic E-state index is 13.3. The molecule has 6 heteroatoms. The number of nitrogens with zero attached hydrogens (tertiary/aromatic N) is 1. The van der Waals surface area contributed by atoms with E-state index < -0.39 is 17.7 Å². The van der Waals surface area contributed by atoms with Crippen LogP contribution in [0.25, 0.3) is 5.76 Å². The average Bonchev–Trinajstić information content (AvgIpc) is 3.06. The van der Waals surface area contributed by atoms with Crippen LogP contribution in [-0.2, 0) is 9.59 Å². The van der Waals surface area contributed by atoms with E-state index in [1.165, 1.54) is 4.90 Å². The van der Waals surface area contributed by atoms with Crippen molar-refractivity contribution < 1.29 is 19.4 Å². The second kappa shape index (κ2) is 9.12. The molecule has 0 aliphatic carbocycles. The maximum Gasteiger partial charge on any atom is 0.300 e. The fourth-order valence-corrected chi connectivity index (χ4v) is 4.40. The zero-order chi connectivity index (χ0) is 23.7. The van der Waals surface area contributed by atoms with Crippen LogP contribution in [0.3, 0.4) is 0 Å². The second-order valence-corrected chi connectivity index (χ2v) is 8.35. The summed E-state index contributed by atoms with van der Waals surface area (Å²) in [7, 11) is 0. The number of hydrogen-bond donors (Lipinski definition) is 1. The van der Waals surface area contributed by atoms with Crippen molar-refractivity contribution in [2.45, 2.75) is 26.8 Å². The number of carbonyl (C=O) groups excluding carboxylic acids is 2. The number of aryl methyl sites for hydroxylation is 2. The van der Waals surface area contributed by atoms with Crippen molar-refractivity contribution >= 4 is 34.7 Å². The van der Waals surface area contributed by atoms with Crippen molar-refractivity contribution in [1.82, 2.24) is 0 Å². The quantitative estimate of drug-likeness (QED) is 0.288. The number of aliphatic hydroxyl groups excluding tert-OH is 1. The van der Waals surface area contributed by atoms with Gasteiger partial charge >= 0.3 is 0 Å². The molecule has 1 aliphatic heterocycles. The van der Waals surface area contributed by atoms with Gasteiger partial charge in [-0.25, -0.2) is 0 Å². The van der Waals surface area contributed by atoms with E-state index in [1.807, 2.05) is 69.3 Å². The van der Waals surface area contributed by atoms with Crippen LogP contribution in [0.15, 0.2) is 72.3 Å². The van der Waals surface area contributed by atoms with Gasteiger partial charge in [-0.05, 0) is 56.2 Å². The number of carbonyl (C=O) groups is 2. The molecule has 1 N–H and O–H groups in total. The summed E-state index contributed by atoms with van der Waals surface area (Å²) in [5.41, 5.74) is 3.45. The molecule has 0 spiro atoms. The van der Waals surface area contributed by atoms with Crippen LogP contribution in [0.5, 0.6) is 5.75 Å². The number of Topliss-reactive ketones (excluding diaryl/α,β-unsaturated/α-hetero) is 1. The summed E-state index contributed by atoms with van der Waals surface area (Å²) in [6.45, 7) is 6.14. The summed E-state index contributed by atoms with van der Waals surface area (Å²) in [4.78, 5) is 28.1. The van der Waals surface area contributed by atoms with E-state index in [4.69, 9.17) is 16.3 Å². The Morgan fingerprint density at radius 1 is 1.03 bits per heavy atom. The summed E-state index contributed by atoms with van der Waals surface area (Å²) in [6, 6.07) is 18.9. The first kappa shape index (κ1) is 22.6. The molecule has 4 rings (SSSR count). The molecule has 168 valence electrons. The largest absolute Gasteiger partial charge is 0.507 e. The molecule has 1 saturated heterocycles. The first-order chi connectivity index (χ1) is 15.8. The van der Waals surface area contributed by atoms with Crippen LogP contribution in [0.1, 0.15) is 35.2 Å². The van der Waals surface area contributed by atoms with E-state index >= 15 is 0 Å². The fraction of sp³-hybridized carbons (Fsp3) is 0.185. The highest BCUT2D eigenvalue weighted by atomic mass is 35.5. The normalized spacial score (nSPS) is 17.5. The van der Waals surface area contributed by atoms with E-state index in [1.54, 1.807) is 18.2 Å². The molecule has 0 radical (unpaired) electrons. The summed E-state index contributed by atoms with van der Waals surface area (Å²) in [6.07, 6.45) is 0. The van der Waals surface area contributed by atoms with Gasteiger partial charge in [0.05, 0.1) is 23.2 Å². The number of hydrogen-bond acceptors (Lipinski definition) is 4. The molecule has 3 aromatic rings. The third-order valence-corrected chi connectivity index (χ3v) is 6.01. The number of benzene rings is 3. The van der Waals surface area contributed by atoms with E-state index in [9.17, 15) is 14.7 Å². The van der Waals surface area contributed by atoms with Crippen LogP contribution < -0.4 is 9.64 Å². The lowest BCUT2D eigenvalue weighted by Crippen LogP contribution is -2.30. The molecule has 1 fully saturated rings. The maximum absolute atomic E-state index is 13.3. The third-order valence-electron chi connectivity index (χ3n) is 5.68. The molecule has 5 nitrogen and oxygen atoms in total. The van der Waals surface area contributed by atoms with Gasteiger partial charge in [0.1, 0.15) is 11.5 Å². The molecule has 33 heavy (non-hydrogen) atoms. The number of rotatable bonds is 5. The standard InChI is InChI=1S/C27H24ClNO4/c1-4-33-19-11-12-21(28)20(15-19)25(30)23-24(18-8-6-5-7-9-18)29(27(32)26(23)31)22-13-10-16(2)14-17(22)3/h5-15,24,30H,4H2,1-3H3/b25-23+. The molecule has 0 bridgehead atoms. The Bertz CT molecular complexity index is 1270. The summed E-state index contributed by atoms with van der Waals surface area (Å²) < 4.78 is 5.54. The molecular weight excluding hydrogens is 438 g/mol. The van der Waals surface area contributed by atoms with Gasteiger partial charge in [0, 0.05) is 11.3 Å². The second-order valence-electron chi connectivity index (χ2n) is 7.94. The highest BCUT2D eigenvalue weighted by Gasteiger charge is 2.47. The minimum absolute atomic E-state index is 0.0123. The number of aliphatic hydroxyl groups is 1. The van der Waals surface area contributed by atoms with Gasteiger partial charge in [0.2, 0.25) is 0 Å². The molecule has 1 atom stereocenters. The summed E-state index contributed by atoms with van der Waals surface area (Å²) in [5, 5.41) is 11.6. The zero-order valence-corrected chi connectivity index (χ0v) is 19.4. The van der Waals surface area contributed by atoms with Gasteiger partial charge in [-0.1, -0.05) is 59.6 Å². The van der Waals surface area contributed by atoms with Gasteiger partial charge in [-0.15, -0.1) is 0 Å². The van der Waals surface area contributed by atoms with Crippen LogP contribution in [0.4, 0.5) is 5.69 Å². The van der Waals surface area contributed by atoms with Crippen LogP contribution in [0, 0.1) is 13.8 Å². The summed E-state index contributed by atoms with van der Waals surface area (Å²) >= 11 is 6.38. The van der Waals surface area contributed by atoms with Crippen molar-refractivity contribution in [1.29, 1.82) is 0 Å². The van der Waals surface area contributed by atoms with Crippen LogP contribution in [-0.4, -0.2) is 23.4 Å². The lowest BCUT2D eigenvalue weighted by atomic mass is 9.94. The lowest BCUT2D eigenvalue weighted by Gasteiger charge is -2.27. The van der Waals surface area contributed by atoms with Crippen molar-refractivity contribution in [2.75, 3.05) is 11.5 Å². The molecule has 1 heterocycles. The molecule has 1 unspecified atom stereocenters. The van der Waals surface area contributed by atoms with Gasteiger partial charge in [-0.3, -0.25) is 14.5 Å². The Morgan fingerprint density at radius 2 is 1.76 bits per heavy atom. The van der Waals surface area contributed by atoms with E-state index in [0.717, 1.165) is 11.1 Å². The van der Waals surface area contributed by atoms with E-state index in [-0.39, 0.29) is 21.9 Å². The minimum Gasteiger partial charge on any atom is -0.507 e. The van der Waals surface area contributed by atoms with Gasteiger partial charge in [0.15, 0.2) is 0 Å². The van der Waals surface area contributed by atoms with Gasteiger partial charge in [-0.2, -0.15) is 0 Å². The highest BCUT2D eigenvalue weighted by molar-refractivity contribution is 6.52. The predicted octanol–water partition coefficient (Wildman–Crippen LogP) is 5.98. The molecule has 3 aromatic carbocycles. The van der Waals surface area contributed by atoms with Crippen molar-refractivity contribution in [3.05, 3.63) is 99.6 Å². The third kappa shape index (κ3) is 4.12.